The van der Waals surface area contributed by atoms with Crippen molar-refractivity contribution in [3.05, 3.63) is 70.9 Å². The molecule has 0 saturated heterocycles. The Morgan fingerprint density at radius 3 is 2.48 bits per heavy atom. The van der Waals surface area contributed by atoms with E-state index in [9.17, 15) is 0 Å². The van der Waals surface area contributed by atoms with Gasteiger partial charge in [0.2, 0.25) is 0 Å². The maximum Gasteiger partial charge on any atom is 0.143 e. The van der Waals surface area contributed by atoms with Gasteiger partial charge in [-0.1, -0.05) is 50.2 Å². The average molecular weight is 391 g/mol. The molecule has 2 aromatic carbocycles. The number of aryl methyl sites for hydroxylation is 1. The lowest BCUT2D eigenvalue weighted by atomic mass is 9.75. The van der Waals surface area contributed by atoms with Crippen molar-refractivity contribution in [3.8, 4) is 0 Å². The van der Waals surface area contributed by atoms with Crippen LogP contribution in [0.4, 0.5) is 11.4 Å². The van der Waals surface area contributed by atoms with Crippen LogP contribution in [0.1, 0.15) is 50.8 Å². The van der Waals surface area contributed by atoms with Crippen molar-refractivity contribution >= 4 is 23.6 Å². The molecule has 5 rings (SSSR count). The third kappa shape index (κ3) is 4.65. The smallest absolute Gasteiger partial charge is 0.143 e. The molecule has 3 aliphatic rings. The Balaban J connectivity index is 0.000000148. The highest BCUT2D eigenvalue weighted by Gasteiger charge is 2.39. The van der Waals surface area contributed by atoms with Crippen LogP contribution in [0, 0.1) is 0 Å². The molecule has 0 bridgehead atoms. The number of nitrogens with zero attached hydrogens (tertiary/aromatic N) is 1. The number of carbonyl (C=O) groups is 1. The van der Waals surface area contributed by atoms with Gasteiger partial charge in [-0.25, -0.2) is 0 Å². The fraction of sp³-hybridized carbons (Fsp3) is 0.360. The molecule has 4 heteroatoms. The van der Waals surface area contributed by atoms with Crippen LogP contribution in [0.25, 0.3) is 0 Å². The monoisotopic (exact) mass is 390 g/mol. The van der Waals surface area contributed by atoms with Gasteiger partial charge < -0.3 is 9.90 Å². The molecule has 3 aliphatic heterocycles. The zero-order valence-corrected chi connectivity index (χ0v) is 17.8. The van der Waals surface area contributed by atoms with Crippen LogP contribution in [0.3, 0.4) is 0 Å². The highest BCUT2D eigenvalue weighted by molar-refractivity contribution is 5.68. The molecule has 1 atom stereocenters. The molecule has 0 amide bonds. The number of nitrogens with one attached hydrogen (secondary N) is 1. The second-order valence-corrected chi connectivity index (χ2v) is 8.29. The van der Waals surface area contributed by atoms with E-state index in [0.717, 1.165) is 25.5 Å². The predicted molar refractivity (Wildman–Crippen MR) is 116 cm³/mol. The number of aliphatic carboxylic acids is 1. The fourth-order valence-electron chi connectivity index (χ4n) is 4.13. The highest BCUT2D eigenvalue weighted by atomic mass is 16.4. The van der Waals surface area contributed by atoms with Gasteiger partial charge in [-0.05, 0) is 43.9 Å². The van der Waals surface area contributed by atoms with Gasteiger partial charge in [0.25, 0.3) is 0 Å². The van der Waals surface area contributed by atoms with Crippen molar-refractivity contribution in [2.75, 3.05) is 6.54 Å². The van der Waals surface area contributed by atoms with E-state index in [1.807, 2.05) is 12.3 Å². The van der Waals surface area contributed by atoms with Crippen molar-refractivity contribution in [2.24, 2.45) is 4.99 Å². The molecule has 1 N–H and O–H groups in total. The predicted octanol–water partition coefficient (Wildman–Crippen LogP) is 3.05. The Morgan fingerprint density at radius 1 is 1.07 bits per heavy atom. The molecule has 3 heterocycles. The third-order valence-corrected chi connectivity index (χ3v) is 5.95. The molecule has 4 nitrogen and oxygen atoms in total. The lowest BCUT2D eigenvalue weighted by Crippen LogP contribution is -3.02. The van der Waals surface area contributed by atoms with Crippen LogP contribution in [-0.2, 0) is 23.1 Å². The van der Waals surface area contributed by atoms with Gasteiger partial charge in [-0.15, -0.1) is 0 Å². The Kier molecular flexibility index (Phi) is 6.33. The second-order valence-electron chi connectivity index (χ2n) is 8.29. The van der Waals surface area contributed by atoms with E-state index in [2.05, 4.69) is 68.4 Å². The summed E-state index contributed by atoms with van der Waals surface area (Å²) in [4.78, 5) is 14.7. The lowest BCUT2D eigenvalue weighted by Gasteiger charge is -2.32. The largest absolute Gasteiger partial charge is 0.550 e. The van der Waals surface area contributed by atoms with Gasteiger partial charge in [0.05, 0.1) is 18.4 Å². The molecule has 152 valence electrons. The average Bonchev–Trinajstić information content (AvgIpc) is 3.10. The SMILES string of the molecule is C1=Nc2ccccc2CC1.CC(=O)[O-].CC1=C[NH+]2CCc3cccc(c32)C1(C)C. The van der Waals surface area contributed by atoms with E-state index in [0.29, 0.717) is 0 Å². The van der Waals surface area contributed by atoms with Crippen molar-refractivity contribution in [3.63, 3.8) is 0 Å². The summed E-state index contributed by atoms with van der Waals surface area (Å²) < 4.78 is 0. The minimum atomic E-state index is -1.08. The van der Waals surface area contributed by atoms with Crippen LogP contribution < -0.4 is 10.0 Å². The lowest BCUT2D eigenvalue weighted by molar-refractivity contribution is -0.770. The van der Waals surface area contributed by atoms with E-state index < -0.39 is 5.97 Å². The van der Waals surface area contributed by atoms with Crippen molar-refractivity contribution in [1.29, 1.82) is 0 Å². The molecule has 0 saturated carbocycles. The number of rotatable bonds is 0. The highest BCUT2D eigenvalue weighted by Crippen LogP contribution is 2.39. The van der Waals surface area contributed by atoms with Gasteiger partial charge in [0.1, 0.15) is 5.69 Å². The number of para-hydroxylation sites is 2. The van der Waals surface area contributed by atoms with Gasteiger partial charge in [-0.3, -0.25) is 9.89 Å². The zero-order valence-electron chi connectivity index (χ0n) is 17.8. The number of aliphatic imine (C=N–C) groups is 1. The zero-order chi connectivity index (χ0) is 21.0. The summed E-state index contributed by atoms with van der Waals surface area (Å²) in [5, 5.41) is 8.89. The first-order valence-electron chi connectivity index (χ1n) is 10.3. The van der Waals surface area contributed by atoms with Crippen molar-refractivity contribution in [2.45, 2.75) is 52.4 Å². The van der Waals surface area contributed by atoms with Crippen molar-refractivity contribution in [1.82, 2.24) is 0 Å². The maximum atomic E-state index is 8.89. The van der Waals surface area contributed by atoms with Crippen LogP contribution in [0.15, 0.2) is 59.2 Å². The molecule has 0 aliphatic carbocycles. The van der Waals surface area contributed by atoms with Crippen LogP contribution >= 0.6 is 0 Å². The van der Waals surface area contributed by atoms with Crippen LogP contribution in [0.2, 0.25) is 0 Å². The summed E-state index contributed by atoms with van der Waals surface area (Å²) in [6.45, 7) is 9.15. The summed E-state index contributed by atoms with van der Waals surface area (Å²) >= 11 is 0. The molecule has 0 fully saturated rings. The van der Waals surface area contributed by atoms with E-state index in [1.165, 1.54) is 29.7 Å². The number of carbonyl (C=O) groups excluding carboxylic acids is 1. The number of carboxylic acid groups (broad SMARTS) is 1. The van der Waals surface area contributed by atoms with E-state index in [4.69, 9.17) is 9.90 Å². The summed E-state index contributed by atoms with van der Waals surface area (Å²) in [6, 6.07) is 15.1. The number of hydrogen-bond donors (Lipinski definition) is 1. The summed E-state index contributed by atoms with van der Waals surface area (Å²) in [5.41, 5.74) is 8.90. The molecule has 29 heavy (non-hydrogen) atoms. The first-order chi connectivity index (χ1) is 13.8. The quantitative estimate of drug-likeness (QED) is 0.752. The Hall–Kier alpha value is -2.72. The molecular formula is C25H30N2O2. The molecule has 0 aromatic heterocycles. The number of allylic oxidation sites excluding steroid dienone is 1. The topological polar surface area (TPSA) is 56.9 Å². The minimum absolute atomic E-state index is 0.221. The number of benzene rings is 2. The first-order valence-corrected chi connectivity index (χ1v) is 10.3. The normalized spacial score (nSPS) is 19.4. The van der Waals surface area contributed by atoms with Crippen LogP contribution in [0.5, 0.6) is 0 Å². The maximum absolute atomic E-state index is 8.89. The molecular weight excluding hydrogens is 360 g/mol. The molecule has 2 aromatic rings. The number of hydrogen-bond acceptors (Lipinski definition) is 3. The van der Waals surface area contributed by atoms with Gasteiger partial charge >= 0.3 is 0 Å². The Labute approximate surface area is 173 Å². The number of fused-ring (bicyclic) bond motifs is 1. The first kappa shape index (κ1) is 21.0. The van der Waals surface area contributed by atoms with Crippen LogP contribution in [-0.4, -0.2) is 18.7 Å². The van der Waals surface area contributed by atoms with Gasteiger partial charge in [-0.2, -0.15) is 0 Å². The van der Waals surface area contributed by atoms with E-state index >= 15 is 0 Å². The summed E-state index contributed by atoms with van der Waals surface area (Å²) in [5.74, 6) is -1.08. The second kappa shape index (κ2) is 8.75. The summed E-state index contributed by atoms with van der Waals surface area (Å²) in [7, 11) is 0. The molecule has 0 spiro atoms. The van der Waals surface area contributed by atoms with E-state index in [-0.39, 0.29) is 5.41 Å². The molecule has 1 unspecified atom stereocenters. The van der Waals surface area contributed by atoms with Gasteiger partial charge in [0, 0.05) is 35.1 Å². The number of carboxylic acids is 1. The number of quaternary nitrogens is 1. The van der Waals surface area contributed by atoms with Gasteiger partial charge in [0.15, 0.2) is 0 Å². The summed E-state index contributed by atoms with van der Waals surface area (Å²) in [6.07, 6.45) is 7.89. The minimum Gasteiger partial charge on any atom is -0.550 e. The Morgan fingerprint density at radius 2 is 1.76 bits per heavy atom. The third-order valence-electron chi connectivity index (χ3n) is 5.95. The van der Waals surface area contributed by atoms with E-state index in [1.54, 1.807) is 16.2 Å². The molecule has 0 radical (unpaired) electrons. The van der Waals surface area contributed by atoms with Crippen molar-refractivity contribution < 1.29 is 14.8 Å². The Bertz CT molecular complexity index is 953. The fourth-order valence-corrected chi connectivity index (χ4v) is 4.13. The standard InChI is InChI=1S/C14H17N.C9H9N.C2H4O2/c1-10-9-15-8-7-11-5-4-6-12(13(11)15)14(10,2)3;1-2-6-9-8(4-1)5-3-7-10-9;1-2(3)4/h4-6,9H,7-8H2,1-3H3;1-2,4,6-7H,3,5H2;1H3,(H,3,4).